The summed E-state index contributed by atoms with van der Waals surface area (Å²) >= 11 is 3.28. The molecular weight excluding hydrogens is 496 g/mol. The normalized spacial score (nSPS) is 16.9. The third-order valence-corrected chi connectivity index (χ3v) is 5.36. The molecule has 1 aromatic heterocycles. The highest BCUT2D eigenvalue weighted by Gasteiger charge is 2.32. The minimum absolute atomic E-state index is 0.106. The number of piperazine rings is 1. The molecule has 1 aliphatic heterocycles. The van der Waals surface area contributed by atoms with Gasteiger partial charge in [0, 0.05) is 25.7 Å². The van der Waals surface area contributed by atoms with Gasteiger partial charge < -0.3 is 14.4 Å². The zero-order valence-electron chi connectivity index (χ0n) is 19.2. The van der Waals surface area contributed by atoms with E-state index in [-0.39, 0.29) is 22.4 Å². The lowest BCUT2D eigenvalue weighted by Crippen LogP contribution is -2.59. The molecule has 11 nitrogen and oxygen atoms in total. The number of amides is 2. The number of methoxy groups -OCH3 is 1. The molecular formula is C21H27BrN6O5. The molecule has 0 bridgehead atoms. The first-order chi connectivity index (χ1) is 15.5. The van der Waals surface area contributed by atoms with Gasteiger partial charge in [-0.2, -0.15) is 0 Å². The maximum absolute atomic E-state index is 12.8. The molecule has 178 valence electrons. The van der Waals surface area contributed by atoms with Crippen LogP contribution in [-0.4, -0.2) is 81.3 Å². The van der Waals surface area contributed by atoms with Crippen molar-refractivity contribution in [2.45, 2.75) is 39.3 Å². The van der Waals surface area contributed by atoms with Crippen LogP contribution in [0.1, 0.15) is 48.5 Å². The van der Waals surface area contributed by atoms with E-state index in [1.54, 1.807) is 34.2 Å². The van der Waals surface area contributed by atoms with Crippen LogP contribution in [0, 0.1) is 0 Å². The quantitative estimate of drug-likeness (QED) is 0.607. The van der Waals surface area contributed by atoms with Crippen LogP contribution in [0.5, 0.6) is 0 Å². The second kappa shape index (κ2) is 9.87. The van der Waals surface area contributed by atoms with Gasteiger partial charge in [0.15, 0.2) is 10.3 Å². The Morgan fingerprint density at radius 1 is 1.12 bits per heavy atom. The molecule has 1 atom stereocenters. The van der Waals surface area contributed by atoms with Gasteiger partial charge in [-0.25, -0.2) is 14.6 Å². The lowest BCUT2D eigenvalue weighted by molar-refractivity contribution is -0.00488. The summed E-state index contributed by atoms with van der Waals surface area (Å²) in [6.07, 6.45) is -0.370. The standard InChI is InChI=1S/C21H27BrN6O5/c1-13-12-26(10-11-27(13)20(31)33-21(2,3)4)25-18(29)16-17(22)24-28(23-16)15-8-6-14(7-9-15)19(30)32-5/h6-9,13H,10-12H2,1-5H3,(H,25,29). The number of hydrogen-bond donors (Lipinski definition) is 1. The van der Waals surface area contributed by atoms with Gasteiger partial charge in [-0.3, -0.25) is 10.2 Å². The summed E-state index contributed by atoms with van der Waals surface area (Å²) in [6, 6.07) is 6.32. The lowest BCUT2D eigenvalue weighted by Gasteiger charge is -2.39. The number of hydrazine groups is 1. The Bertz CT molecular complexity index is 1030. The third-order valence-electron chi connectivity index (χ3n) is 4.82. The average molecular weight is 523 g/mol. The molecule has 2 amide bonds. The summed E-state index contributed by atoms with van der Waals surface area (Å²) in [7, 11) is 1.31. The summed E-state index contributed by atoms with van der Waals surface area (Å²) < 4.78 is 10.4. The van der Waals surface area contributed by atoms with E-state index in [2.05, 4.69) is 36.3 Å². The fourth-order valence-corrected chi connectivity index (χ4v) is 3.65. The number of benzene rings is 1. The summed E-state index contributed by atoms with van der Waals surface area (Å²) in [4.78, 5) is 39.7. The van der Waals surface area contributed by atoms with Crippen LogP contribution in [0.4, 0.5) is 4.79 Å². The average Bonchev–Trinajstić information content (AvgIpc) is 3.13. The third kappa shape index (κ3) is 6.08. The van der Waals surface area contributed by atoms with E-state index in [4.69, 9.17) is 4.74 Å². The highest BCUT2D eigenvalue weighted by atomic mass is 79.9. The predicted molar refractivity (Wildman–Crippen MR) is 122 cm³/mol. The van der Waals surface area contributed by atoms with Crippen LogP contribution >= 0.6 is 15.9 Å². The van der Waals surface area contributed by atoms with Crippen LogP contribution in [0.2, 0.25) is 0 Å². The molecule has 1 fully saturated rings. The Morgan fingerprint density at radius 2 is 1.79 bits per heavy atom. The van der Waals surface area contributed by atoms with Crippen molar-refractivity contribution >= 4 is 33.9 Å². The first kappa shape index (κ1) is 24.6. The second-order valence-electron chi connectivity index (χ2n) is 8.58. The topological polar surface area (TPSA) is 119 Å². The van der Waals surface area contributed by atoms with Crippen LogP contribution in [-0.2, 0) is 9.47 Å². The van der Waals surface area contributed by atoms with Crippen LogP contribution in [0.3, 0.4) is 0 Å². The first-order valence-electron chi connectivity index (χ1n) is 10.4. The molecule has 1 unspecified atom stereocenters. The number of nitrogens with one attached hydrogen (secondary N) is 1. The Kier molecular flexibility index (Phi) is 7.38. The van der Waals surface area contributed by atoms with Crippen LogP contribution in [0.25, 0.3) is 5.69 Å². The SMILES string of the molecule is COC(=O)c1ccc(-n2nc(Br)c(C(=O)NN3CCN(C(=O)OC(C)(C)C)C(C)C3)n2)cc1. The number of halogens is 1. The Hall–Kier alpha value is -2.99. The first-order valence-corrected chi connectivity index (χ1v) is 11.1. The number of ether oxygens (including phenoxy) is 2. The van der Waals surface area contributed by atoms with Crippen LogP contribution in [0.15, 0.2) is 28.9 Å². The number of carbonyl (C=O) groups is 3. The monoisotopic (exact) mass is 522 g/mol. The van der Waals surface area contributed by atoms with Gasteiger partial charge in [0.25, 0.3) is 5.91 Å². The predicted octanol–water partition coefficient (Wildman–Crippen LogP) is 2.40. The Balaban J connectivity index is 1.63. The van der Waals surface area contributed by atoms with Gasteiger partial charge in [0.1, 0.15) is 5.60 Å². The van der Waals surface area contributed by atoms with E-state index in [1.807, 2.05) is 27.7 Å². The van der Waals surface area contributed by atoms with Crippen molar-refractivity contribution in [2.24, 2.45) is 0 Å². The minimum Gasteiger partial charge on any atom is -0.465 e. The van der Waals surface area contributed by atoms with Gasteiger partial charge in [-0.05, 0) is 67.9 Å². The Morgan fingerprint density at radius 3 is 2.36 bits per heavy atom. The number of nitrogens with zero attached hydrogens (tertiary/aromatic N) is 5. The highest BCUT2D eigenvalue weighted by molar-refractivity contribution is 9.10. The number of rotatable bonds is 4. The maximum Gasteiger partial charge on any atom is 0.410 e. The fraction of sp³-hybridized carbons (Fsp3) is 0.476. The molecule has 0 saturated carbocycles. The molecule has 1 aromatic carbocycles. The number of esters is 1. The zero-order chi connectivity index (χ0) is 24.3. The number of hydrogen-bond acceptors (Lipinski definition) is 8. The molecule has 33 heavy (non-hydrogen) atoms. The summed E-state index contributed by atoms with van der Waals surface area (Å²) in [6.45, 7) is 8.66. The largest absolute Gasteiger partial charge is 0.465 e. The fourth-order valence-electron chi connectivity index (χ4n) is 3.24. The molecule has 0 spiro atoms. The molecule has 3 rings (SSSR count). The minimum atomic E-state index is -0.570. The summed E-state index contributed by atoms with van der Waals surface area (Å²) in [5.74, 6) is -0.880. The van der Waals surface area contributed by atoms with E-state index in [0.29, 0.717) is 30.9 Å². The Labute approximate surface area is 200 Å². The van der Waals surface area contributed by atoms with Gasteiger partial charge in [0.05, 0.1) is 18.4 Å². The second-order valence-corrected chi connectivity index (χ2v) is 9.33. The maximum atomic E-state index is 12.8. The highest BCUT2D eigenvalue weighted by Crippen LogP contribution is 2.17. The molecule has 1 saturated heterocycles. The van der Waals surface area contributed by atoms with Gasteiger partial charge >= 0.3 is 12.1 Å². The zero-order valence-corrected chi connectivity index (χ0v) is 20.7. The summed E-state index contributed by atoms with van der Waals surface area (Å²) in [5, 5.41) is 10.2. The van der Waals surface area contributed by atoms with Crippen molar-refractivity contribution in [3.8, 4) is 5.69 Å². The van der Waals surface area contributed by atoms with Crippen molar-refractivity contribution in [3.05, 3.63) is 40.1 Å². The van der Waals surface area contributed by atoms with Crippen molar-refractivity contribution in [2.75, 3.05) is 26.7 Å². The van der Waals surface area contributed by atoms with E-state index in [9.17, 15) is 14.4 Å². The number of carbonyl (C=O) groups excluding carboxylic acids is 3. The lowest BCUT2D eigenvalue weighted by atomic mass is 10.2. The number of aromatic nitrogens is 3. The molecule has 1 aliphatic rings. The molecule has 12 heteroatoms. The summed E-state index contributed by atoms with van der Waals surface area (Å²) in [5.41, 5.74) is 3.32. The molecule has 2 aromatic rings. The molecule has 0 aliphatic carbocycles. The van der Waals surface area contributed by atoms with Gasteiger partial charge in [0.2, 0.25) is 0 Å². The van der Waals surface area contributed by atoms with E-state index in [0.717, 1.165) is 0 Å². The van der Waals surface area contributed by atoms with Gasteiger partial charge in [-0.1, -0.05) is 0 Å². The van der Waals surface area contributed by atoms with E-state index in [1.165, 1.54) is 11.9 Å². The van der Waals surface area contributed by atoms with Crippen molar-refractivity contribution < 1.29 is 23.9 Å². The molecule has 1 N–H and O–H groups in total. The van der Waals surface area contributed by atoms with E-state index < -0.39 is 17.5 Å². The smallest absolute Gasteiger partial charge is 0.410 e. The van der Waals surface area contributed by atoms with E-state index >= 15 is 0 Å². The van der Waals surface area contributed by atoms with Crippen molar-refractivity contribution in [3.63, 3.8) is 0 Å². The molecule has 2 heterocycles. The van der Waals surface area contributed by atoms with Crippen LogP contribution < -0.4 is 5.43 Å². The molecule has 0 radical (unpaired) electrons. The van der Waals surface area contributed by atoms with Gasteiger partial charge in [-0.15, -0.1) is 15.0 Å². The van der Waals surface area contributed by atoms with Crippen molar-refractivity contribution in [1.29, 1.82) is 0 Å². The van der Waals surface area contributed by atoms with Crippen molar-refractivity contribution in [1.82, 2.24) is 30.3 Å².